The fourth-order valence-electron chi connectivity index (χ4n) is 1.90. The second-order valence-electron chi connectivity index (χ2n) is 4.32. The Balaban J connectivity index is 1.97. The van der Waals surface area contributed by atoms with Crippen LogP contribution in [0.1, 0.15) is 34.0 Å². The number of aromatic amines is 1. The monoisotopic (exact) mass is 234 g/mol. The molecule has 0 amide bonds. The second kappa shape index (κ2) is 4.71. The predicted molar refractivity (Wildman–Crippen MR) is 64.6 cm³/mol. The zero-order valence-electron chi connectivity index (χ0n) is 10.7. The van der Waals surface area contributed by atoms with E-state index in [0.717, 1.165) is 41.5 Å². The van der Waals surface area contributed by atoms with Crippen LogP contribution < -0.4 is 5.32 Å². The van der Waals surface area contributed by atoms with Crippen LogP contribution in [0.4, 0.5) is 0 Å². The summed E-state index contributed by atoms with van der Waals surface area (Å²) < 4.78 is 5.12. The first-order valence-corrected chi connectivity index (χ1v) is 5.72. The van der Waals surface area contributed by atoms with E-state index in [4.69, 9.17) is 4.52 Å². The summed E-state index contributed by atoms with van der Waals surface area (Å²) in [4.78, 5) is 0. The molecule has 2 N–H and O–H groups in total. The average molecular weight is 234 g/mol. The summed E-state index contributed by atoms with van der Waals surface area (Å²) >= 11 is 0. The maximum Gasteiger partial charge on any atom is 0.138 e. The molecule has 0 aliphatic rings. The molecule has 5 heteroatoms. The topological polar surface area (TPSA) is 66.7 Å². The van der Waals surface area contributed by atoms with Crippen molar-refractivity contribution in [3.63, 3.8) is 0 Å². The van der Waals surface area contributed by atoms with Crippen molar-refractivity contribution in [2.75, 3.05) is 0 Å². The van der Waals surface area contributed by atoms with Gasteiger partial charge in [-0.15, -0.1) is 0 Å². The van der Waals surface area contributed by atoms with Gasteiger partial charge in [-0.25, -0.2) is 0 Å². The van der Waals surface area contributed by atoms with E-state index in [1.54, 1.807) is 0 Å². The third-order valence-electron chi connectivity index (χ3n) is 3.07. The van der Waals surface area contributed by atoms with Crippen LogP contribution in [0, 0.1) is 27.7 Å². The first-order valence-electron chi connectivity index (χ1n) is 5.72. The van der Waals surface area contributed by atoms with E-state index in [1.807, 2.05) is 27.7 Å². The summed E-state index contributed by atoms with van der Waals surface area (Å²) in [5.74, 6) is 0.885. The van der Waals surface area contributed by atoms with E-state index in [1.165, 1.54) is 5.56 Å². The molecule has 0 aromatic carbocycles. The Morgan fingerprint density at radius 2 is 1.76 bits per heavy atom. The molecule has 0 unspecified atom stereocenters. The molecular weight excluding hydrogens is 216 g/mol. The van der Waals surface area contributed by atoms with Gasteiger partial charge in [0.25, 0.3) is 0 Å². The normalized spacial score (nSPS) is 11.1. The lowest BCUT2D eigenvalue weighted by Crippen LogP contribution is -2.14. The zero-order chi connectivity index (χ0) is 12.4. The first-order chi connectivity index (χ1) is 8.09. The minimum Gasteiger partial charge on any atom is -0.361 e. The van der Waals surface area contributed by atoms with Crippen molar-refractivity contribution < 1.29 is 4.52 Å². The van der Waals surface area contributed by atoms with Crippen molar-refractivity contribution in [2.45, 2.75) is 40.8 Å². The molecule has 17 heavy (non-hydrogen) atoms. The van der Waals surface area contributed by atoms with Gasteiger partial charge in [-0.2, -0.15) is 5.10 Å². The van der Waals surface area contributed by atoms with E-state index < -0.39 is 0 Å². The number of aromatic nitrogens is 3. The van der Waals surface area contributed by atoms with Crippen LogP contribution in [0.2, 0.25) is 0 Å². The Labute approximate surface area is 101 Å². The lowest BCUT2D eigenvalue weighted by Gasteiger charge is -2.04. The van der Waals surface area contributed by atoms with E-state index in [2.05, 4.69) is 20.7 Å². The summed E-state index contributed by atoms with van der Waals surface area (Å²) in [7, 11) is 0. The highest BCUT2D eigenvalue weighted by Gasteiger charge is 2.09. The summed E-state index contributed by atoms with van der Waals surface area (Å²) in [6, 6.07) is 0. The van der Waals surface area contributed by atoms with Crippen molar-refractivity contribution >= 4 is 0 Å². The summed E-state index contributed by atoms with van der Waals surface area (Å²) in [6.07, 6.45) is 0. The molecule has 0 saturated carbocycles. The molecule has 0 fully saturated rings. The molecule has 0 aliphatic heterocycles. The van der Waals surface area contributed by atoms with Crippen LogP contribution in [0.5, 0.6) is 0 Å². The highest BCUT2D eigenvalue weighted by atomic mass is 16.5. The molecule has 0 radical (unpaired) electrons. The van der Waals surface area contributed by atoms with Crippen molar-refractivity contribution in [3.8, 4) is 0 Å². The SMILES string of the molecule is Cc1n[nH]c(C)c1CNCc1c(C)noc1C. The van der Waals surface area contributed by atoms with E-state index >= 15 is 0 Å². The zero-order valence-corrected chi connectivity index (χ0v) is 10.7. The molecule has 2 heterocycles. The quantitative estimate of drug-likeness (QED) is 0.848. The van der Waals surface area contributed by atoms with Crippen LogP contribution in [0.3, 0.4) is 0 Å². The molecule has 92 valence electrons. The van der Waals surface area contributed by atoms with Gasteiger partial charge in [0, 0.05) is 29.9 Å². The average Bonchev–Trinajstić information content (AvgIpc) is 2.77. The Morgan fingerprint density at radius 3 is 2.29 bits per heavy atom. The van der Waals surface area contributed by atoms with Gasteiger partial charge < -0.3 is 9.84 Å². The standard InChI is InChI=1S/C12H18N4O/c1-7-11(8(2)15-14-7)5-13-6-12-9(3)16-17-10(12)4/h13H,5-6H2,1-4H3,(H,14,15). The third kappa shape index (κ3) is 2.39. The molecule has 2 rings (SSSR count). The van der Waals surface area contributed by atoms with E-state index in [9.17, 15) is 0 Å². The van der Waals surface area contributed by atoms with Gasteiger partial charge >= 0.3 is 0 Å². The fraction of sp³-hybridized carbons (Fsp3) is 0.500. The van der Waals surface area contributed by atoms with Crippen LogP contribution >= 0.6 is 0 Å². The van der Waals surface area contributed by atoms with Gasteiger partial charge in [0.1, 0.15) is 5.76 Å². The minimum atomic E-state index is 0.769. The highest BCUT2D eigenvalue weighted by molar-refractivity contribution is 5.24. The van der Waals surface area contributed by atoms with Gasteiger partial charge in [-0.05, 0) is 27.7 Å². The molecule has 0 aliphatic carbocycles. The number of H-pyrrole nitrogens is 1. The molecule has 0 spiro atoms. The van der Waals surface area contributed by atoms with Crippen molar-refractivity contribution in [3.05, 3.63) is 34.0 Å². The van der Waals surface area contributed by atoms with Gasteiger partial charge in [0.05, 0.1) is 11.4 Å². The van der Waals surface area contributed by atoms with Gasteiger partial charge in [0.2, 0.25) is 0 Å². The van der Waals surface area contributed by atoms with Gasteiger partial charge in [0.15, 0.2) is 0 Å². The Bertz CT molecular complexity index is 427. The Kier molecular flexibility index (Phi) is 3.28. The molecular formula is C12H18N4O. The Hall–Kier alpha value is -1.62. The number of hydrogen-bond donors (Lipinski definition) is 2. The smallest absolute Gasteiger partial charge is 0.138 e. The molecule has 2 aromatic heterocycles. The lowest BCUT2D eigenvalue weighted by molar-refractivity contribution is 0.392. The first kappa shape index (κ1) is 11.9. The van der Waals surface area contributed by atoms with Crippen molar-refractivity contribution in [2.24, 2.45) is 0 Å². The number of nitrogens with zero attached hydrogens (tertiary/aromatic N) is 2. The molecule has 0 saturated heterocycles. The molecule has 2 aromatic rings. The summed E-state index contributed by atoms with van der Waals surface area (Å²) in [5, 5.41) is 14.5. The van der Waals surface area contributed by atoms with Gasteiger partial charge in [-0.1, -0.05) is 5.16 Å². The fourth-order valence-corrected chi connectivity index (χ4v) is 1.90. The van der Waals surface area contributed by atoms with Crippen LogP contribution in [-0.2, 0) is 13.1 Å². The maximum atomic E-state index is 5.12. The number of rotatable bonds is 4. The van der Waals surface area contributed by atoms with E-state index in [0.29, 0.717) is 0 Å². The van der Waals surface area contributed by atoms with Gasteiger partial charge in [-0.3, -0.25) is 5.10 Å². The molecule has 5 nitrogen and oxygen atoms in total. The lowest BCUT2D eigenvalue weighted by atomic mass is 10.1. The summed E-state index contributed by atoms with van der Waals surface area (Å²) in [6.45, 7) is 9.51. The van der Waals surface area contributed by atoms with Crippen LogP contribution in [0.25, 0.3) is 0 Å². The number of nitrogens with one attached hydrogen (secondary N) is 2. The van der Waals surface area contributed by atoms with Crippen LogP contribution in [0.15, 0.2) is 4.52 Å². The molecule has 0 atom stereocenters. The maximum absolute atomic E-state index is 5.12. The minimum absolute atomic E-state index is 0.769. The molecule has 0 bridgehead atoms. The summed E-state index contributed by atoms with van der Waals surface area (Å²) in [5.41, 5.74) is 5.50. The van der Waals surface area contributed by atoms with E-state index in [-0.39, 0.29) is 0 Å². The second-order valence-corrected chi connectivity index (χ2v) is 4.32. The van der Waals surface area contributed by atoms with Crippen LogP contribution in [-0.4, -0.2) is 15.4 Å². The number of aryl methyl sites for hydroxylation is 4. The van der Waals surface area contributed by atoms with Crippen molar-refractivity contribution in [1.29, 1.82) is 0 Å². The third-order valence-corrected chi connectivity index (χ3v) is 3.07. The Morgan fingerprint density at radius 1 is 1.06 bits per heavy atom. The van der Waals surface area contributed by atoms with Crippen molar-refractivity contribution in [1.82, 2.24) is 20.7 Å². The number of hydrogen-bond acceptors (Lipinski definition) is 4. The highest BCUT2D eigenvalue weighted by Crippen LogP contribution is 2.13. The predicted octanol–water partition coefficient (Wildman–Crippen LogP) is 1.92. The largest absolute Gasteiger partial charge is 0.361 e.